The summed E-state index contributed by atoms with van der Waals surface area (Å²) in [6.45, 7) is 5.88. The van der Waals surface area contributed by atoms with Crippen LogP contribution in [0.2, 0.25) is 0 Å². The van der Waals surface area contributed by atoms with E-state index < -0.39 is 5.97 Å². The van der Waals surface area contributed by atoms with Crippen molar-refractivity contribution in [1.29, 1.82) is 0 Å². The van der Waals surface area contributed by atoms with Crippen LogP contribution in [0, 0.1) is 11.8 Å². The molecule has 0 aliphatic rings. The van der Waals surface area contributed by atoms with Crippen LogP contribution in [0.4, 0.5) is 0 Å². The lowest BCUT2D eigenvalue weighted by molar-refractivity contribution is -0.138. The summed E-state index contributed by atoms with van der Waals surface area (Å²) in [5, 5.41) is 8.46. The predicted octanol–water partition coefficient (Wildman–Crippen LogP) is 1.08. The van der Waals surface area contributed by atoms with Crippen molar-refractivity contribution in [2.45, 2.75) is 33.2 Å². The topological polar surface area (TPSA) is 63.3 Å². The van der Waals surface area contributed by atoms with Crippen molar-refractivity contribution in [2.75, 3.05) is 0 Å². The fraction of sp³-hybridized carbons (Fsp3) is 0.875. The third-order valence-corrected chi connectivity index (χ3v) is 1.92. The zero-order chi connectivity index (χ0) is 9.02. The molecule has 0 aromatic heterocycles. The maximum Gasteiger partial charge on any atom is 0.303 e. The van der Waals surface area contributed by atoms with Gasteiger partial charge in [0.15, 0.2) is 0 Å². The van der Waals surface area contributed by atoms with Gasteiger partial charge in [0.1, 0.15) is 0 Å². The molecule has 0 amide bonds. The second kappa shape index (κ2) is 4.34. The Morgan fingerprint density at radius 2 is 1.91 bits per heavy atom. The van der Waals surface area contributed by atoms with E-state index in [1.54, 1.807) is 0 Å². The molecular weight excluding hydrogens is 142 g/mol. The van der Waals surface area contributed by atoms with Crippen molar-refractivity contribution in [3.8, 4) is 0 Å². The molecule has 2 atom stereocenters. The molecule has 0 saturated carbocycles. The Morgan fingerprint density at radius 1 is 1.45 bits per heavy atom. The fourth-order valence-corrected chi connectivity index (χ4v) is 1.07. The summed E-state index contributed by atoms with van der Waals surface area (Å²) in [6, 6.07) is -0.00824. The van der Waals surface area contributed by atoms with E-state index in [1.807, 2.05) is 20.8 Å². The first-order chi connectivity index (χ1) is 4.95. The van der Waals surface area contributed by atoms with Gasteiger partial charge in [0.05, 0.1) is 0 Å². The number of hydrogen-bond acceptors (Lipinski definition) is 2. The minimum absolute atomic E-state index is 0.00824. The third-order valence-electron chi connectivity index (χ3n) is 1.92. The van der Waals surface area contributed by atoms with Gasteiger partial charge in [-0.3, -0.25) is 4.79 Å². The minimum atomic E-state index is -0.770. The number of carboxylic acid groups (broad SMARTS) is 1. The van der Waals surface area contributed by atoms with Gasteiger partial charge >= 0.3 is 5.97 Å². The van der Waals surface area contributed by atoms with Gasteiger partial charge in [-0.1, -0.05) is 20.8 Å². The molecule has 0 saturated heterocycles. The van der Waals surface area contributed by atoms with E-state index in [2.05, 4.69) is 0 Å². The first-order valence-corrected chi connectivity index (χ1v) is 3.92. The van der Waals surface area contributed by atoms with Gasteiger partial charge in [-0.25, -0.2) is 0 Å². The lowest BCUT2D eigenvalue weighted by Crippen LogP contribution is -2.34. The van der Waals surface area contributed by atoms with Crippen LogP contribution in [0.1, 0.15) is 27.2 Å². The van der Waals surface area contributed by atoms with E-state index in [0.717, 1.165) is 0 Å². The Labute approximate surface area is 67.6 Å². The minimum Gasteiger partial charge on any atom is -0.481 e. The molecule has 0 aromatic rings. The average molecular weight is 159 g/mol. The number of carbonyl (C=O) groups is 1. The molecule has 0 aromatic carbocycles. The molecule has 0 bridgehead atoms. The Hall–Kier alpha value is -0.570. The van der Waals surface area contributed by atoms with Gasteiger partial charge in [0.25, 0.3) is 0 Å². The van der Waals surface area contributed by atoms with Crippen molar-refractivity contribution in [1.82, 2.24) is 0 Å². The van der Waals surface area contributed by atoms with Gasteiger partial charge in [-0.05, 0) is 11.8 Å². The second-order valence-corrected chi connectivity index (χ2v) is 3.40. The standard InChI is InChI=1S/C8H17NO2/c1-5(2)8(9)6(3)4-7(10)11/h5-6,8H,4,9H2,1-3H3,(H,10,11)/t6-,8+/m1/s1. The molecule has 66 valence electrons. The molecule has 0 aliphatic heterocycles. The Morgan fingerprint density at radius 3 is 2.18 bits per heavy atom. The van der Waals surface area contributed by atoms with Gasteiger partial charge in [-0.15, -0.1) is 0 Å². The molecule has 0 radical (unpaired) electrons. The van der Waals surface area contributed by atoms with Gasteiger partial charge in [0, 0.05) is 12.5 Å². The summed E-state index contributed by atoms with van der Waals surface area (Å²) >= 11 is 0. The smallest absolute Gasteiger partial charge is 0.303 e. The normalized spacial score (nSPS) is 16.5. The fourth-order valence-electron chi connectivity index (χ4n) is 1.07. The first-order valence-electron chi connectivity index (χ1n) is 3.92. The number of nitrogens with two attached hydrogens (primary N) is 1. The molecule has 0 aliphatic carbocycles. The van der Waals surface area contributed by atoms with Crippen molar-refractivity contribution in [2.24, 2.45) is 17.6 Å². The second-order valence-electron chi connectivity index (χ2n) is 3.40. The lowest BCUT2D eigenvalue weighted by Gasteiger charge is -2.21. The highest BCUT2D eigenvalue weighted by molar-refractivity contribution is 5.67. The van der Waals surface area contributed by atoms with Crippen LogP contribution in [0.25, 0.3) is 0 Å². The predicted molar refractivity (Wildman–Crippen MR) is 44.2 cm³/mol. The van der Waals surface area contributed by atoms with Crippen LogP contribution >= 0.6 is 0 Å². The maximum absolute atomic E-state index is 10.3. The van der Waals surface area contributed by atoms with Crippen LogP contribution in [0.3, 0.4) is 0 Å². The van der Waals surface area contributed by atoms with E-state index in [9.17, 15) is 4.79 Å². The molecule has 0 heterocycles. The Bertz CT molecular complexity index is 134. The molecule has 0 spiro atoms. The first kappa shape index (κ1) is 10.4. The molecule has 3 N–H and O–H groups in total. The summed E-state index contributed by atoms with van der Waals surface area (Å²) in [4.78, 5) is 10.3. The van der Waals surface area contributed by atoms with Crippen LogP contribution in [0.5, 0.6) is 0 Å². The molecule has 3 nitrogen and oxygen atoms in total. The third kappa shape index (κ3) is 3.98. The molecule has 0 unspecified atom stereocenters. The largest absolute Gasteiger partial charge is 0.481 e. The van der Waals surface area contributed by atoms with Crippen molar-refractivity contribution in [3.05, 3.63) is 0 Å². The van der Waals surface area contributed by atoms with Crippen LogP contribution in [-0.4, -0.2) is 17.1 Å². The van der Waals surface area contributed by atoms with E-state index in [0.29, 0.717) is 5.92 Å². The van der Waals surface area contributed by atoms with Crippen LogP contribution in [-0.2, 0) is 4.79 Å². The van der Waals surface area contributed by atoms with Crippen molar-refractivity contribution >= 4 is 5.97 Å². The highest BCUT2D eigenvalue weighted by Gasteiger charge is 2.18. The maximum atomic E-state index is 10.3. The Kier molecular flexibility index (Phi) is 4.11. The highest BCUT2D eigenvalue weighted by atomic mass is 16.4. The van der Waals surface area contributed by atoms with Crippen LogP contribution < -0.4 is 5.73 Å². The van der Waals surface area contributed by atoms with E-state index in [4.69, 9.17) is 10.8 Å². The number of rotatable bonds is 4. The number of hydrogen-bond donors (Lipinski definition) is 2. The van der Waals surface area contributed by atoms with Gasteiger partial charge in [-0.2, -0.15) is 0 Å². The van der Waals surface area contributed by atoms with Gasteiger partial charge < -0.3 is 10.8 Å². The molecule has 0 fully saturated rings. The lowest BCUT2D eigenvalue weighted by atomic mass is 9.90. The molecule has 0 rings (SSSR count). The van der Waals surface area contributed by atoms with Gasteiger partial charge in [0.2, 0.25) is 0 Å². The molecular formula is C8H17NO2. The van der Waals surface area contributed by atoms with Crippen molar-refractivity contribution < 1.29 is 9.90 Å². The quantitative estimate of drug-likeness (QED) is 0.645. The van der Waals surface area contributed by atoms with E-state index >= 15 is 0 Å². The molecule has 3 heteroatoms. The van der Waals surface area contributed by atoms with Crippen LogP contribution in [0.15, 0.2) is 0 Å². The van der Waals surface area contributed by atoms with Crippen molar-refractivity contribution in [3.63, 3.8) is 0 Å². The summed E-state index contributed by atoms with van der Waals surface area (Å²) < 4.78 is 0. The summed E-state index contributed by atoms with van der Waals surface area (Å²) in [5.41, 5.74) is 5.74. The average Bonchev–Trinajstić information content (AvgIpc) is 1.84. The van der Waals surface area contributed by atoms with E-state index in [-0.39, 0.29) is 18.4 Å². The van der Waals surface area contributed by atoms with E-state index in [1.165, 1.54) is 0 Å². The zero-order valence-corrected chi connectivity index (χ0v) is 7.37. The zero-order valence-electron chi connectivity index (χ0n) is 7.37. The summed E-state index contributed by atoms with van der Waals surface area (Å²) in [6.07, 6.45) is 0.166. The summed E-state index contributed by atoms with van der Waals surface area (Å²) in [5.74, 6) is -0.356. The SMILES string of the molecule is CC(C)[C@H](N)[C@H](C)CC(=O)O. The Balaban J connectivity index is 3.82. The summed E-state index contributed by atoms with van der Waals surface area (Å²) in [7, 11) is 0. The monoisotopic (exact) mass is 159 g/mol. The highest BCUT2D eigenvalue weighted by Crippen LogP contribution is 2.13. The molecule has 11 heavy (non-hydrogen) atoms. The number of aliphatic carboxylic acids is 1. The number of carboxylic acids is 1.